The molecule has 0 aliphatic carbocycles. The van der Waals surface area contributed by atoms with Gasteiger partial charge in [0.1, 0.15) is 11.6 Å². The summed E-state index contributed by atoms with van der Waals surface area (Å²) in [5.41, 5.74) is 5.48. The van der Waals surface area contributed by atoms with E-state index in [0.717, 1.165) is 6.07 Å². The van der Waals surface area contributed by atoms with E-state index in [1.807, 2.05) is 0 Å². The van der Waals surface area contributed by atoms with Crippen molar-refractivity contribution < 1.29 is 18.3 Å². The predicted octanol–water partition coefficient (Wildman–Crippen LogP) is 3.84. The van der Waals surface area contributed by atoms with Crippen molar-refractivity contribution in [2.75, 3.05) is 18.2 Å². The monoisotopic (exact) mass is 356 g/mol. The summed E-state index contributed by atoms with van der Waals surface area (Å²) >= 11 is 3.19. The molecule has 2 aromatic carbocycles. The van der Waals surface area contributed by atoms with Gasteiger partial charge in [0.05, 0.1) is 24.0 Å². The molecule has 0 radical (unpaired) electrons. The maximum absolute atomic E-state index is 13.9. The summed E-state index contributed by atoms with van der Waals surface area (Å²) in [5, 5.41) is 2.58. The Morgan fingerprint density at radius 3 is 2.52 bits per heavy atom. The molecule has 4 nitrogen and oxygen atoms in total. The maximum atomic E-state index is 13.9. The first kappa shape index (κ1) is 15.2. The van der Waals surface area contributed by atoms with Gasteiger partial charge in [-0.15, -0.1) is 0 Å². The molecule has 0 spiro atoms. The standard InChI is InChI=1S/C14H11BrF2N2O2/c1-21-14(20)8-5-13(10(17)6-11(8)18)19-12-4-7(15)2-3-9(12)16/h2-6,19H,18H2,1H3. The van der Waals surface area contributed by atoms with Crippen molar-refractivity contribution >= 4 is 39.0 Å². The first-order valence-electron chi connectivity index (χ1n) is 5.81. The fraction of sp³-hybridized carbons (Fsp3) is 0.0714. The molecule has 0 aliphatic heterocycles. The second-order valence-electron chi connectivity index (χ2n) is 4.16. The summed E-state index contributed by atoms with van der Waals surface area (Å²) in [5.74, 6) is -1.97. The lowest BCUT2D eigenvalue weighted by atomic mass is 10.1. The van der Waals surface area contributed by atoms with Gasteiger partial charge in [-0.05, 0) is 30.3 Å². The number of anilines is 3. The number of esters is 1. The van der Waals surface area contributed by atoms with Crippen LogP contribution in [-0.2, 0) is 4.74 Å². The number of carbonyl (C=O) groups is 1. The van der Waals surface area contributed by atoms with Crippen LogP contribution in [0.1, 0.15) is 10.4 Å². The van der Waals surface area contributed by atoms with Crippen LogP contribution >= 0.6 is 15.9 Å². The maximum Gasteiger partial charge on any atom is 0.340 e. The number of nitrogens with two attached hydrogens (primary N) is 1. The van der Waals surface area contributed by atoms with Crippen LogP contribution in [0.4, 0.5) is 25.8 Å². The zero-order chi connectivity index (χ0) is 15.6. The fourth-order valence-corrected chi connectivity index (χ4v) is 2.07. The van der Waals surface area contributed by atoms with Gasteiger partial charge in [-0.3, -0.25) is 0 Å². The van der Waals surface area contributed by atoms with Crippen LogP contribution < -0.4 is 11.1 Å². The third-order valence-electron chi connectivity index (χ3n) is 2.74. The van der Waals surface area contributed by atoms with E-state index < -0.39 is 17.6 Å². The average Bonchev–Trinajstić information content (AvgIpc) is 2.44. The molecule has 7 heteroatoms. The van der Waals surface area contributed by atoms with E-state index in [1.54, 1.807) is 0 Å². The molecule has 0 bridgehead atoms. The van der Waals surface area contributed by atoms with Crippen LogP contribution in [0.15, 0.2) is 34.8 Å². The minimum Gasteiger partial charge on any atom is -0.465 e. The molecule has 2 aromatic rings. The molecule has 110 valence electrons. The smallest absolute Gasteiger partial charge is 0.340 e. The molecule has 3 N–H and O–H groups in total. The molecule has 2 rings (SSSR count). The Hall–Kier alpha value is -2.15. The highest BCUT2D eigenvalue weighted by molar-refractivity contribution is 9.10. The second kappa shape index (κ2) is 6.09. The van der Waals surface area contributed by atoms with Gasteiger partial charge >= 0.3 is 5.97 Å². The summed E-state index contributed by atoms with van der Waals surface area (Å²) in [4.78, 5) is 11.5. The molecule has 21 heavy (non-hydrogen) atoms. The summed E-state index contributed by atoms with van der Waals surface area (Å²) in [6, 6.07) is 6.34. The molecule has 0 aromatic heterocycles. The Labute approximate surface area is 128 Å². The van der Waals surface area contributed by atoms with Crippen LogP contribution in [-0.4, -0.2) is 13.1 Å². The van der Waals surface area contributed by atoms with Crippen LogP contribution in [0.25, 0.3) is 0 Å². The van der Waals surface area contributed by atoms with Crippen molar-refractivity contribution in [1.29, 1.82) is 0 Å². The van der Waals surface area contributed by atoms with Gasteiger partial charge in [0.25, 0.3) is 0 Å². The van der Waals surface area contributed by atoms with E-state index in [0.29, 0.717) is 4.47 Å². The molecule has 0 atom stereocenters. The topological polar surface area (TPSA) is 64.3 Å². The third-order valence-corrected chi connectivity index (χ3v) is 3.24. The van der Waals surface area contributed by atoms with Gasteiger partial charge in [-0.25, -0.2) is 13.6 Å². The lowest BCUT2D eigenvalue weighted by molar-refractivity contribution is 0.0602. The molecule has 0 saturated heterocycles. The lowest BCUT2D eigenvalue weighted by Crippen LogP contribution is -2.08. The van der Waals surface area contributed by atoms with E-state index in [-0.39, 0.29) is 22.6 Å². The highest BCUT2D eigenvalue weighted by Crippen LogP contribution is 2.28. The number of nitrogen functional groups attached to an aromatic ring is 1. The highest BCUT2D eigenvalue weighted by Gasteiger charge is 2.15. The lowest BCUT2D eigenvalue weighted by Gasteiger charge is -2.12. The number of halogens is 3. The number of hydrogen-bond donors (Lipinski definition) is 2. The Balaban J connectivity index is 2.44. The van der Waals surface area contributed by atoms with E-state index in [9.17, 15) is 13.6 Å². The predicted molar refractivity (Wildman–Crippen MR) is 79.5 cm³/mol. The van der Waals surface area contributed by atoms with Gasteiger partial charge in [0.2, 0.25) is 0 Å². The minimum atomic E-state index is -0.709. The van der Waals surface area contributed by atoms with Crippen LogP contribution in [0.5, 0.6) is 0 Å². The Bertz CT molecular complexity index is 708. The number of ether oxygens (including phenoxy) is 1. The number of hydrogen-bond acceptors (Lipinski definition) is 4. The quantitative estimate of drug-likeness (QED) is 0.647. The summed E-state index contributed by atoms with van der Waals surface area (Å²) in [6.45, 7) is 0. The second-order valence-corrected chi connectivity index (χ2v) is 5.08. The Morgan fingerprint density at radius 1 is 1.19 bits per heavy atom. The van der Waals surface area contributed by atoms with Crippen molar-refractivity contribution in [2.45, 2.75) is 0 Å². The van der Waals surface area contributed by atoms with E-state index in [4.69, 9.17) is 5.73 Å². The molecule has 0 aliphatic rings. The number of benzene rings is 2. The van der Waals surface area contributed by atoms with Crippen LogP contribution in [0, 0.1) is 11.6 Å². The van der Waals surface area contributed by atoms with Crippen molar-refractivity contribution in [2.24, 2.45) is 0 Å². The summed E-state index contributed by atoms with van der Waals surface area (Å²) in [7, 11) is 1.19. The van der Waals surface area contributed by atoms with Gasteiger partial charge < -0.3 is 15.8 Å². The third kappa shape index (κ3) is 3.30. The van der Waals surface area contributed by atoms with Gasteiger partial charge in [-0.1, -0.05) is 15.9 Å². The number of rotatable bonds is 3. The number of carbonyl (C=O) groups excluding carboxylic acids is 1. The Kier molecular flexibility index (Phi) is 4.42. The van der Waals surface area contributed by atoms with E-state index >= 15 is 0 Å². The van der Waals surface area contributed by atoms with Crippen molar-refractivity contribution in [1.82, 2.24) is 0 Å². The minimum absolute atomic E-state index is 0.00296. The molecule has 0 heterocycles. The summed E-state index contributed by atoms with van der Waals surface area (Å²) in [6.07, 6.45) is 0. The Morgan fingerprint density at radius 2 is 1.86 bits per heavy atom. The molecule has 0 saturated carbocycles. The van der Waals surface area contributed by atoms with E-state index in [1.165, 1.54) is 31.4 Å². The zero-order valence-electron chi connectivity index (χ0n) is 10.9. The van der Waals surface area contributed by atoms with E-state index in [2.05, 4.69) is 26.0 Å². The molecule has 0 unspecified atom stereocenters. The van der Waals surface area contributed by atoms with Gasteiger partial charge in [0, 0.05) is 10.2 Å². The summed E-state index contributed by atoms with van der Waals surface area (Å²) < 4.78 is 32.7. The highest BCUT2D eigenvalue weighted by atomic mass is 79.9. The first-order chi connectivity index (χ1) is 9.92. The van der Waals surface area contributed by atoms with Gasteiger partial charge in [0.15, 0.2) is 0 Å². The number of nitrogens with one attached hydrogen (secondary N) is 1. The molecular weight excluding hydrogens is 346 g/mol. The first-order valence-corrected chi connectivity index (χ1v) is 6.61. The van der Waals surface area contributed by atoms with Crippen molar-refractivity contribution in [3.05, 3.63) is 52.0 Å². The fourth-order valence-electron chi connectivity index (χ4n) is 1.71. The van der Waals surface area contributed by atoms with Crippen LogP contribution in [0.3, 0.4) is 0 Å². The molecular formula is C14H11BrF2N2O2. The van der Waals surface area contributed by atoms with Crippen LogP contribution in [0.2, 0.25) is 0 Å². The zero-order valence-corrected chi connectivity index (χ0v) is 12.5. The molecule has 0 fully saturated rings. The molecule has 0 amide bonds. The van der Waals surface area contributed by atoms with Gasteiger partial charge in [-0.2, -0.15) is 0 Å². The van der Waals surface area contributed by atoms with Crippen molar-refractivity contribution in [3.63, 3.8) is 0 Å². The largest absolute Gasteiger partial charge is 0.465 e. The average molecular weight is 357 g/mol. The SMILES string of the molecule is COC(=O)c1cc(Nc2cc(Br)ccc2F)c(F)cc1N. The normalized spacial score (nSPS) is 10.3. The van der Waals surface area contributed by atoms with Crippen molar-refractivity contribution in [3.8, 4) is 0 Å². The number of methoxy groups -OCH3 is 1.